The maximum Gasteiger partial charge on any atom is 0.267 e. The second-order valence-corrected chi connectivity index (χ2v) is 7.74. The molecule has 0 spiro atoms. The molecule has 2 aromatic heterocycles. The number of amides is 2. The quantitative estimate of drug-likeness (QED) is 0.469. The van der Waals surface area contributed by atoms with Crippen LogP contribution in [0.5, 0.6) is 0 Å². The number of benzene rings is 2. The van der Waals surface area contributed by atoms with Crippen LogP contribution >= 0.6 is 0 Å². The number of rotatable bonds is 2. The van der Waals surface area contributed by atoms with E-state index in [4.69, 9.17) is 0 Å². The smallest absolute Gasteiger partial charge is 0.267 e. The summed E-state index contributed by atoms with van der Waals surface area (Å²) in [6.45, 7) is 7.81. The minimum absolute atomic E-state index is 0.318. The van der Waals surface area contributed by atoms with E-state index >= 15 is 0 Å². The van der Waals surface area contributed by atoms with Crippen molar-refractivity contribution in [1.29, 1.82) is 0 Å². The molecule has 2 amide bonds. The largest absolute Gasteiger partial charge is 0.268 e. The monoisotopic (exact) mass is 396 g/mol. The van der Waals surface area contributed by atoms with Crippen molar-refractivity contribution in [2.45, 2.75) is 27.7 Å². The zero-order chi connectivity index (χ0) is 21.2. The molecule has 4 aromatic rings. The molecule has 0 fully saturated rings. The van der Waals surface area contributed by atoms with E-state index in [0.29, 0.717) is 33.5 Å². The summed E-state index contributed by atoms with van der Waals surface area (Å²) in [6, 6.07) is 13.5. The highest BCUT2D eigenvalue weighted by molar-refractivity contribution is 6.37. The molecule has 0 saturated heterocycles. The molecule has 0 bridgehead atoms. The number of para-hydroxylation sites is 1. The van der Waals surface area contributed by atoms with Crippen molar-refractivity contribution in [3.8, 4) is 5.69 Å². The van der Waals surface area contributed by atoms with Gasteiger partial charge >= 0.3 is 0 Å². The van der Waals surface area contributed by atoms with Gasteiger partial charge in [0.1, 0.15) is 0 Å². The third kappa shape index (κ3) is 2.43. The zero-order valence-corrected chi connectivity index (χ0v) is 17.2. The number of carbonyl (C=O) groups excluding carboxylic acids is 2. The fourth-order valence-electron chi connectivity index (χ4n) is 4.03. The lowest BCUT2D eigenvalue weighted by molar-refractivity contribution is 0.0926. The number of fused-ring (bicyclic) bond motifs is 3. The molecule has 2 aromatic carbocycles. The molecule has 0 aliphatic carbocycles. The van der Waals surface area contributed by atoms with Crippen LogP contribution in [-0.4, -0.2) is 26.6 Å². The molecule has 1 aliphatic rings. The first-order chi connectivity index (χ1) is 14.4. The standard InChI is InChI=1S/C24H20N4O2/c1-13-9-10-17(11-15(13)3)27-23(29)18-12-25-22-20(21(18)24(27)30)16(4)26-28(22)19-8-6-5-7-14(19)2/h5-12H,1-4H3. The highest BCUT2D eigenvalue weighted by Crippen LogP contribution is 2.35. The van der Waals surface area contributed by atoms with Crippen molar-refractivity contribution in [2.24, 2.45) is 0 Å². The molecule has 0 atom stereocenters. The van der Waals surface area contributed by atoms with E-state index in [1.807, 2.05) is 64.1 Å². The fourth-order valence-corrected chi connectivity index (χ4v) is 4.03. The summed E-state index contributed by atoms with van der Waals surface area (Å²) in [5.41, 5.74) is 6.57. The molecular formula is C24H20N4O2. The number of hydrogen-bond donors (Lipinski definition) is 0. The number of hydrogen-bond acceptors (Lipinski definition) is 4. The summed E-state index contributed by atoms with van der Waals surface area (Å²) >= 11 is 0. The molecule has 0 saturated carbocycles. The Labute approximate surface area is 173 Å². The van der Waals surface area contributed by atoms with Crippen molar-refractivity contribution >= 4 is 28.5 Å². The average molecular weight is 396 g/mol. The summed E-state index contributed by atoms with van der Waals surface area (Å²) in [7, 11) is 0. The van der Waals surface area contributed by atoms with E-state index in [0.717, 1.165) is 22.4 Å². The van der Waals surface area contributed by atoms with Gasteiger partial charge in [-0.25, -0.2) is 14.6 Å². The molecule has 0 unspecified atom stereocenters. The van der Waals surface area contributed by atoms with Crippen LogP contribution < -0.4 is 4.90 Å². The zero-order valence-electron chi connectivity index (χ0n) is 17.2. The van der Waals surface area contributed by atoms with Gasteiger partial charge in [0.15, 0.2) is 5.65 Å². The summed E-state index contributed by atoms with van der Waals surface area (Å²) in [6.07, 6.45) is 1.49. The predicted molar refractivity (Wildman–Crippen MR) is 115 cm³/mol. The number of aromatic nitrogens is 3. The number of anilines is 1. The van der Waals surface area contributed by atoms with Crippen LogP contribution in [-0.2, 0) is 0 Å². The molecule has 6 heteroatoms. The van der Waals surface area contributed by atoms with E-state index in [-0.39, 0.29) is 11.8 Å². The van der Waals surface area contributed by atoms with Gasteiger partial charge in [-0.2, -0.15) is 5.10 Å². The Morgan fingerprint density at radius 1 is 0.833 bits per heavy atom. The number of carbonyl (C=O) groups is 2. The second kappa shape index (κ2) is 6.35. The number of nitrogens with zero attached hydrogens (tertiary/aromatic N) is 4. The van der Waals surface area contributed by atoms with Crippen LogP contribution in [0.15, 0.2) is 48.7 Å². The molecule has 6 nitrogen and oxygen atoms in total. The van der Waals surface area contributed by atoms with Gasteiger partial charge in [-0.05, 0) is 62.6 Å². The normalized spacial score (nSPS) is 13.4. The third-order valence-corrected chi connectivity index (χ3v) is 5.81. The van der Waals surface area contributed by atoms with Crippen LogP contribution in [0.1, 0.15) is 43.1 Å². The van der Waals surface area contributed by atoms with Crippen molar-refractivity contribution in [3.63, 3.8) is 0 Å². The highest BCUT2D eigenvalue weighted by Gasteiger charge is 2.40. The molecule has 1 aliphatic heterocycles. The summed E-state index contributed by atoms with van der Waals surface area (Å²) in [4.78, 5) is 32.3. The molecule has 3 heterocycles. The number of imide groups is 1. The van der Waals surface area contributed by atoms with Crippen molar-refractivity contribution < 1.29 is 9.59 Å². The summed E-state index contributed by atoms with van der Waals surface area (Å²) < 4.78 is 1.75. The maximum atomic E-state index is 13.4. The van der Waals surface area contributed by atoms with Gasteiger partial charge in [0.2, 0.25) is 0 Å². The van der Waals surface area contributed by atoms with E-state index in [2.05, 4.69) is 10.1 Å². The SMILES string of the molecule is Cc1ccc(N2C(=O)c3cnc4c(c(C)nn4-c4ccccc4C)c3C2=O)cc1C. The van der Waals surface area contributed by atoms with Gasteiger partial charge in [0.05, 0.1) is 33.6 Å². The Morgan fingerprint density at radius 2 is 1.60 bits per heavy atom. The molecule has 148 valence electrons. The van der Waals surface area contributed by atoms with Gasteiger partial charge in [-0.15, -0.1) is 0 Å². The molecule has 30 heavy (non-hydrogen) atoms. The van der Waals surface area contributed by atoms with Crippen LogP contribution in [0.25, 0.3) is 16.7 Å². The van der Waals surface area contributed by atoms with Gasteiger partial charge in [0.25, 0.3) is 11.8 Å². The Kier molecular flexibility index (Phi) is 3.86. The number of aryl methyl sites for hydroxylation is 4. The molecule has 0 N–H and O–H groups in total. The Bertz CT molecular complexity index is 1380. The Balaban J connectivity index is 1.72. The topological polar surface area (TPSA) is 68.1 Å². The predicted octanol–water partition coefficient (Wildman–Crippen LogP) is 4.45. The van der Waals surface area contributed by atoms with Crippen molar-refractivity contribution in [3.05, 3.63) is 82.2 Å². The van der Waals surface area contributed by atoms with Gasteiger partial charge < -0.3 is 0 Å². The second-order valence-electron chi connectivity index (χ2n) is 7.74. The van der Waals surface area contributed by atoms with E-state index < -0.39 is 0 Å². The maximum absolute atomic E-state index is 13.4. The van der Waals surface area contributed by atoms with E-state index in [1.165, 1.54) is 11.1 Å². The van der Waals surface area contributed by atoms with Crippen molar-refractivity contribution in [1.82, 2.24) is 14.8 Å². The Morgan fingerprint density at radius 3 is 2.33 bits per heavy atom. The van der Waals surface area contributed by atoms with Crippen LogP contribution in [0.2, 0.25) is 0 Å². The third-order valence-electron chi connectivity index (χ3n) is 5.81. The molecule has 5 rings (SSSR count). The summed E-state index contributed by atoms with van der Waals surface area (Å²) in [5.74, 6) is -0.686. The van der Waals surface area contributed by atoms with E-state index in [9.17, 15) is 9.59 Å². The van der Waals surface area contributed by atoms with Gasteiger partial charge in [-0.1, -0.05) is 24.3 Å². The van der Waals surface area contributed by atoms with Gasteiger partial charge in [-0.3, -0.25) is 9.59 Å². The average Bonchev–Trinajstić information content (AvgIpc) is 3.19. The first kappa shape index (κ1) is 18.2. The minimum Gasteiger partial charge on any atom is -0.268 e. The lowest BCUT2D eigenvalue weighted by atomic mass is 10.1. The van der Waals surface area contributed by atoms with E-state index in [1.54, 1.807) is 10.7 Å². The van der Waals surface area contributed by atoms with Crippen molar-refractivity contribution in [2.75, 3.05) is 4.90 Å². The summed E-state index contributed by atoms with van der Waals surface area (Å²) in [5, 5.41) is 5.28. The minimum atomic E-state index is -0.351. The van der Waals surface area contributed by atoms with Crippen LogP contribution in [0.3, 0.4) is 0 Å². The van der Waals surface area contributed by atoms with Crippen LogP contribution in [0.4, 0.5) is 5.69 Å². The van der Waals surface area contributed by atoms with Gasteiger partial charge in [0, 0.05) is 6.20 Å². The lowest BCUT2D eigenvalue weighted by Crippen LogP contribution is -2.29. The molecule has 0 radical (unpaired) electrons. The highest BCUT2D eigenvalue weighted by atomic mass is 16.2. The fraction of sp³-hybridized carbons (Fsp3) is 0.167. The first-order valence-electron chi connectivity index (χ1n) is 9.79. The first-order valence-corrected chi connectivity index (χ1v) is 9.79. The lowest BCUT2D eigenvalue weighted by Gasteiger charge is -2.15. The van der Waals surface area contributed by atoms with Crippen LogP contribution in [0, 0.1) is 27.7 Å². The number of pyridine rings is 1. The Hall–Kier alpha value is -3.80. The molecular weight excluding hydrogens is 376 g/mol.